The smallest absolute Gasteiger partial charge is 0.328 e. The molecule has 1 aromatic rings. The number of ether oxygens (including phenoxy) is 2. The molecule has 5 heteroatoms. The fraction of sp³-hybridized carbons (Fsp3) is 0.500. The molecule has 0 heterocycles. The zero-order valence-corrected chi connectivity index (χ0v) is 13.2. The largest absolute Gasteiger partial charge is 0.458 e. The summed E-state index contributed by atoms with van der Waals surface area (Å²) in [5.41, 5.74) is 0.809. The van der Waals surface area contributed by atoms with E-state index in [9.17, 15) is 9.59 Å². The predicted octanol–water partition coefficient (Wildman–Crippen LogP) is 2.29. The number of methoxy groups -OCH3 is 1. The maximum absolute atomic E-state index is 12.1. The van der Waals surface area contributed by atoms with Crippen molar-refractivity contribution >= 4 is 11.9 Å². The van der Waals surface area contributed by atoms with E-state index >= 15 is 0 Å². The van der Waals surface area contributed by atoms with E-state index < -0.39 is 17.6 Å². The number of carbonyl (C=O) groups excluding carboxylic acids is 2. The first-order chi connectivity index (χ1) is 9.73. The molecule has 0 saturated carbocycles. The molecule has 0 aliphatic heterocycles. The van der Waals surface area contributed by atoms with Crippen LogP contribution in [0.1, 0.15) is 43.6 Å². The summed E-state index contributed by atoms with van der Waals surface area (Å²) in [7, 11) is 1.59. The fourth-order valence-corrected chi connectivity index (χ4v) is 1.70. The van der Waals surface area contributed by atoms with E-state index in [2.05, 4.69) is 5.32 Å². The van der Waals surface area contributed by atoms with Crippen molar-refractivity contribution in [1.29, 1.82) is 0 Å². The summed E-state index contributed by atoms with van der Waals surface area (Å²) < 4.78 is 10.3. The standard InChI is InChI=1S/C16H23NO4/c1-11(15(19)21-16(2,3)4)17-14(18)13-8-6-7-12(9-13)10-20-5/h6-9,11H,10H2,1-5H3,(H,17,18)/t11-/m0/s1. The van der Waals surface area contributed by atoms with Crippen LogP contribution >= 0.6 is 0 Å². The van der Waals surface area contributed by atoms with E-state index in [1.54, 1.807) is 53.0 Å². The van der Waals surface area contributed by atoms with E-state index in [1.807, 2.05) is 6.07 Å². The Morgan fingerprint density at radius 2 is 1.95 bits per heavy atom. The van der Waals surface area contributed by atoms with Crippen LogP contribution in [0.15, 0.2) is 24.3 Å². The molecule has 5 nitrogen and oxygen atoms in total. The highest BCUT2D eigenvalue weighted by Crippen LogP contribution is 2.10. The first-order valence-corrected chi connectivity index (χ1v) is 6.84. The molecular weight excluding hydrogens is 270 g/mol. The van der Waals surface area contributed by atoms with E-state index in [4.69, 9.17) is 9.47 Å². The topological polar surface area (TPSA) is 64.6 Å². The van der Waals surface area contributed by atoms with Gasteiger partial charge in [-0.15, -0.1) is 0 Å². The zero-order valence-electron chi connectivity index (χ0n) is 13.2. The van der Waals surface area contributed by atoms with Crippen LogP contribution in [0.4, 0.5) is 0 Å². The van der Waals surface area contributed by atoms with Crippen LogP contribution in [0.2, 0.25) is 0 Å². The van der Waals surface area contributed by atoms with Gasteiger partial charge in [-0.1, -0.05) is 12.1 Å². The SMILES string of the molecule is COCc1cccc(C(=O)N[C@@H](C)C(=O)OC(C)(C)C)c1. The Kier molecular flexibility index (Phi) is 5.90. The Balaban J connectivity index is 2.68. The van der Waals surface area contributed by atoms with Gasteiger partial charge in [0.2, 0.25) is 0 Å². The zero-order chi connectivity index (χ0) is 16.0. The Morgan fingerprint density at radius 3 is 2.52 bits per heavy atom. The van der Waals surface area contributed by atoms with Gasteiger partial charge in [0.25, 0.3) is 5.91 Å². The van der Waals surface area contributed by atoms with Crippen LogP contribution in [-0.2, 0) is 20.9 Å². The number of hydrogen-bond acceptors (Lipinski definition) is 4. The van der Waals surface area contributed by atoms with Gasteiger partial charge in [-0.25, -0.2) is 4.79 Å². The Hall–Kier alpha value is -1.88. The Labute approximate surface area is 125 Å². The lowest BCUT2D eigenvalue weighted by atomic mass is 10.1. The summed E-state index contributed by atoms with van der Waals surface area (Å²) in [6, 6.07) is 6.37. The molecule has 0 spiro atoms. The lowest BCUT2D eigenvalue weighted by molar-refractivity contribution is -0.156. The van der Waals surface area contributed by atoms with E-state index in [1.165, 1.54) is 0 Å². The molecule has 0 unspecified atom stereocenters. The van der Waals surface area contributed by atoms with Gasteiger partial charge in [-0.05, 0) is 45.4 Å². The maximum atomic E-state index is 12.1. The van der Waals surface area contributed by atoms with Gasteiger partial charge in [0, 0.05) is 12.7 Å². The Morgan fingerprint density at radius 1 is 1.29 bits per heavy atom. The Bertz CT molecular complexity index is 505. The van der Waals surface area contributed by atoms with Crippen molar-refractivity contribution in [2.45, 2.75) is 45.9 Å². The first kappa shape index (κ1) is 17.2. The van der Waals surface area contributed by atoms with Gasteiger partial charge in [-0.2, -0.15) is 0 Å². The van der Waals surface area contributed by atoms with Crippen molar-refractivity contribution in [3.05, 3.63) is 35.4 Å². The average molecular weight is 293 g/mol. The molecule has 0 aliphatic rings. The predicted molar refractivity (Wildman–Crippen MR) is 79.9 cm³/mol. The second-order valence-corrected chi connectivity index (χ2v) is 5.86. The van der Waals surface area contributed by atoms with Gasteiger partial charge in [0.15, 0.2) is 0 Å². The van der Waals surface area contributed by atoms with Gasteiger partial charge in [-0.3, -0.25) is 4.79 Å². The molecule has 1 rings (SSSR count). The number of nitrogens with one attached hydrogen (secondary N) is 1. The lowest BCUT2D eigenvalue weighted by Crippen LogP contribution is -2.42. The van der Waals surface area contributed by atoms with Crippen molar-refractivity contribution < 1.29 is 19.1 Å². The maximum Gasteiger partial charge on any atom is 0.328 e. The van der Waals surface area contributed by atoms with Gasteiger partial charge in [0.05, 0.1) is 6.61 Å². The highest BCUT2D eigenvalue weighted by molar-refractivity contribution is 5.96. The monoisotopic (exact) mass is 293 g/mol. The van der Waals surface area contributed by atoms with Crippen LogP contribution in [0.5, 0.6) is 0 Å². The molecule has 0 fully saturated rings. The van der Waals surface area contributed by atoms with E-state index in [-0.39, 0.29) is 5.91 Å². The summed E-state index contributed by atoms with van der Waals surface area (Å²) in [6.07, 6.45) is 0. The summed E-state index contributed by atoms with van der Waals surface area (Å²) in [4.78, 5) is 24.0. The normalized spacial score (nSPS) is 12.6. The fourth-order valence-electron chi connectivity index (χ4n) is 1.70. The molecular formula is C16H23NO4. The van der Waals surface area contributed by atoms with Crippen molar-refractivity contribution in [1.82, 2.24) is 5.32 Å². The molecule has 1 atom stereocenters. The molecule has 0 saturated heterocycles. The van der Waals surface area contributed by atoms with Crippen LogP contribution in [0.25, 0.3) is 0 Å². The van der Waals surface area contributed by atoms with Gasteiger partial charge < -0.3 is 14.8 Å². The number of carbonyl (C=O) groups is 2. The third-order valence-electron chi connectivity index (χ3n) is 2.61. The number of esters is 1. The molecule has 1 amide bonds. The van der Waals surface area contributed by atoms with Crippen molar-refractivity contribution in [3.63, 3.8) is 0 Å². The number of rotatable bonds is 5. The molecule has 21 heavy (non-hydrogen) atoms. The van der Waals surface area contributed by atoms with Crippen LogP contribution in [0, 0.1) is 0 Å². The number of benzene rings is 1. The summed E-state index contributed by atoms with van der Waals surface area (Å²) >= 11 is 0. The van der Waals surface area contributed by atoms with Crippen molar-refractivity contribution in [3.8, 4) is 0 Å². The summed E-state index contributed by atoms with van der Waals surface area (Å²) in [6.45, 7) is 7.39. The molecule has 0 radical (unpaired) electrons. The number of hydrogen-bond donors (Lipinski definition) is 1. The molecule has 0 aliphatic carbocycles. The second-order valence-electron chi connectivity index (χ2n) is 5.86. The lowest BCUT2D eigenvalue weighted by Gasteiger charge is -2.22. The van der Waals surface area contributed by atoms with Crippen LogP contribution in [-0.4, -0.2) is 30.6 Å². The van der Waals surface area contributed by atoms with Crippen LogP contribution < -0.4 is 5.32 Å². The third kappa shape index (κ3) is 5.95. The molecule has 1 aromatic carbocycles. The second kappa shape index (κ2) is 7.22. The van der Waals surface area contributed by atoms with E-state index in [0.29, 0.717) is 12.2 Å². The summed E-state index contributed by atoms with van der Waals surface area (Å²) in [5, 5.41) is 2.63. The van der Waals surface area contributed by atoms with Gasteiger partial charge >= 0.3 is 5.97 Å². The highest BCUT2D eigenvalue weighted by Gasteiger charge is 2.23. The molecule has 116 valence electrons. The van der Waals surface area contributed by atoms with Gasteiger partial charge in [0.1, 0.15) is 11.6 Å². The third-order valence-corrected chi connectivity index (χ3v) is 2.61. The van der Waals surface area contributed by atoms with Crippen molar-refractivity contribution in [2.24, 2.45) is 0 Å². The summed E-state index contributed by atoms with van der Waals surface area (Å²) in [5.74, 6) is -0.768. The molecule has 0 aromatic heterocycles. The minimum Gasteiger partial charge on any atom is -0.458 e. The van der Waals surface area contributed by atoms with Crippen LogP contribution in [0.3, 0.4) is 0 Å². The average Bonchev–Trinajstić information content (AvgIpc) is 2.37. The quantitative estimate of drug-likeness (QED) is 0.846. The van der Waals surface area contributed by atoms with E-state index in [0.717, 1.165) is 5.56 Å². The first-order valence-electron chi connectivity index (χ1n) is 6.84. The minimum atomic E-state index is -0.706. The molecule has 0 bridgehead atoms. The minimum absolute atomic E-state index is 0.314. The molecule has 1 N–H and O–H groups in total. The van der Waals surface area contributed by atoms with Crippen molar-refractivity contribution in [2.75, 3.05) is 7.11 Å². The highest BCUT2D eigenvalue weighted by atomic mass is 16.6. The number of amides is 1.